The number of aromatic nitrogens is 1. The van der Waals surface area contributed by atoms with E-state index in [1.807, 2.05) is 0 Å². The second-order valence-electron chi connectivity index (χ2n) is 6.79. The molecule has 2 aliphatic rings. The van der Waals surface area contributed by atoms with Crippen LogP contribution in [0.25, 0.3) is 0 Å². The quantitative estimate of drug-likeness (QED) is 0.225. The van der Waals surface area contributed by atoms with Gasteiger partial charge in [-0.3, -0.25) is 4.79 Å². The summed E-state index contributed by atoms with van der Waals surface area (Å²) >= 11 is 1.15. The molecule has 1 atom stereocenters. The van der Waals surface area contributed by atoms with E-state index < -0.39 is 24.9 Å². The largest absolute Gasteiger partial charge is 0.547 e. The van der Waals surface area contributed by atoms with Crippen molar-refractivity contribution >= 4 is 41.2 Å². The van der Waals surface area contributed by atoms with E-state index >= 15 is 0 Å². The van der Waals surface area contributed by atoms with Gasteiger partial charge in [0.05, 0.1) is 11.5 Å². The number of rotatable bonds is 6. The summed E-state index contributed by atoms with van der Waals surface area (Å²) in [4.78, 5) is 33.7. The number of hydrogen-bond donors (Lipinski definition) is 5. The summed E-state index contributed by atoms with van der Waals surface area (Å²) in [5, 5.41) is 31.1. The molecule has 1 saturated heterocycles. The molecular weight excluding hydrogens is 413 g/mol. The van der Waals surface area contributed by atoms with Gasteiger partial charge in [-0.25, -0.2) is 9.78 Å². The molecule has 0 radical (unpaired) electrons. The normalized spacial score (nSPS) is 18.8. The van der Waals surface area contributed by atoms with Crippen molar-refractivity contribution in [1.29, 1.82) is 0 Å². The fraction of sp³-hybridized carbons (Fsp3) is 0.294. The summed E-state index contributed by atoms with van der Waals surface area (Å²) in [6, 6.07) is 4.64. The lowest BCUT2D eigenvalue weighted by Crippen LogP contribution is -2.54. The van der Waals surface area contributed by atoms with Crippen LogP contribution in [-0.4, -0.2) is 65.0 Å². The Hall–Kier alpha value is -3.16. The number of amides is 1. The van der Waals surface area contributed by atoms with Gasteiger partial charge >= 0.3 is 13.1 Å². The number of hydrogen-bond acceptors (Lipinski definition) is 10. The van der Waals surface area contributed by atoms with Gasteiger partial charge < -0.3 is 36.0 Å². The maximum Gasteiger partial charge on any atom is 0.547 e. The first-order valence-corrected chi connectivity index (χ1v) is 9.97. The van der Waals surface area contributed by atoms with E-state index in [-0.39, 0.29) is 40.4 Å². The minimum Gasteiger partial charge on any atom is -0.534 e. The van der Waals surface area contributed by atoms with Crippen molar-refractivity contribution in [2.45, 2.75) is 18.5 Å². The van der Waals surface area contributed by atoms with E-state index in [1.54, 1.807) is 17.5 Å². The summed E-state index contributed by atoms with van der Waals surface area (Å²) in [6.07, 6.45) is 0.0252. The number of carboxylic acids is 1. The molecule has 2 aliphatic heterocycles. The zero-order valence-electron chi connectivity index (χ0n) is 15.6. The molecule has 0 saturated carbocycles. The van der Waals surface area contributed by atoms with Crippen molar-refractivity contribution < 1.29 is 29.2 Å². The second kappa shape index (κ2) is 8.30. The molecule has 1 fully saturated rings. The fourth-order valence-electron chi connectivity index (χ4n) is 3.02. The van der Waals surface area contributed by atoms with Crippen LogP contribution in [0.15, 0.2) is 28.7 Å². The number of carboxylic acid groups (broad SMARTS) is 1. The van der Waals surface area contributed by atoms with Crippen LogP contribution in [-0.2, 0) is 16.1 Å². The SMILES string of the molecule is Nc1nc(C(=NOC2CNC2)C(=O)NC2Cc3cccc(C(=O)O)c3OB2O)cs1. The van der Waals surface area contributed by atoms with E-state index in [9.17, 15) is 19.7 Å². The molecule has 0 aliphatic carbocycles. The van der Waals surface area contributed by atoms with Crippen molar-refractivity contribution in [3.05, 3.63) is 40.4 Å². The first-order chi connectivity index (χ1) is 14.4. The Kier molecular flexibility index (Phi) is 5.57. The average Bonchev–Trinajstić information content (AvgIpc) is 3.09. The molecular formula is C17H18BN5O6S. The molecule has 13 heteroatoms. The molecule has 1 amide bonds. The molecule has 11 nitrogen and oxygen atoms in total. The smallest absolute Gasteiger partial charge is 0.534 e. The van der Waals surface area contributed by atoms with Crippen LogP contribution >= 0.6 is 11.3 Å². The Morgan fingerprint density at radius 2 is 2.23 bits per heavy atom. The Balaban J connectivity index is 1.53. The minimum absolute atomic E-state index is 0.0564. The van der Waals surface area contributed by atoms with E-state index in [2.05, 4.69) is 20.8 Å². The van der Waals surface area contributed by atoms with Crippen LogP contribution in [0.1, 0.15) is 21.6 Å². The number of carbonyl (C=O) groups excluding carboxylic acids is 1. The first kappa shape index (κ1) is 20.1. The van der Waals surface area contributed by atoms with E-state index in [0.29, 0.717) is 18.7 Å². The number of nitrogen functional groups attached to an aromatic ring is 1. The van der Waals surface area contributed by atoms with Gasteiger partial charge in [-0.05, 0) is 18.1 Å². The highest BCUT2D eigenvalue weighted by Gasteiger charge is 2.38. The number of fused-ring (bicyclic) bond motifs is 1. The summed E-state index contributed by atoms with van der Waals surface area (Å²) in [5.74, 6) is -2.54. The molecule has 1 aromatic carbocycles. The molecule has 1 aromatic heterocycles. The van der Waals surface area contributed by atoms with Crippen LogP contribution in [0.4, 0.5) is 5.13 Å². The van der Waals surface area contributed by atoms with Gasteiger partial charge in [0.1, 0.15) is 11.4 Å². The zero-order chi connectivity index (χ0) is 21.3. The van der Waals surface area contributed by atoms with Gasteiger partial charge in [-0.1, -0.05) is 17.3 Å². The van der Waals surface area contributed by atoms with Crippen LogP contribution in [0.3, 0.4) is 0 Å². The number of anilines is 1. The lowest BCUT2D eigenvalue weighted by atomic mass is 9.72. The summed E-state index contributed by atoms with van der Waals surface area (Å²) in [6.45, 7) is 1.24. The number of oxime groups is 1. The number of thiazole rings is 1. The topological polar surface area (TPSA) is 168 Å². The molecule has 4 rings (SSSR count). The van der Waals surface area contributed by atoms with Gasteiger partial charge in [-0.2, -0.15) is 0 Å². The highest BCUT2D eigenvalue weighted by molar-refractivity contribution is 7.13. The number of benzene rings is 1. The van der Waals surface area contributed by atoms with Crippen LogP contribution in [0, 0.1) is 0 Å². The molecule has 3 heterocycles. The zero-order valence-corrected chi connectivity index (χ0v) is 16.4. The van der Waals surface area contributed by atoms with Crippen molar-refractivity contribution in [1.82, 2.24) is 15.6 Å². The molecule has 30 heavy (non-hydrogen) atoms. The lowest BCUT2D eigenvalue weighted by molar-refractivity contribution is -0.115. The van der Waals surface area contributed by atoms with Gasteiger partial charge in [0.15, 0.2) is 16.9 Å². The minimum atomic E-state index is -1.44. The predicted octanol–water partition coefficient (Wildman–Crippen LogP) is -0.744. The molecule has 1 unspecified atom stereocenters. The second-order valence-corrected chi connectivity index (χ2v) is 7.68. The number of aromatic carboxylic acids is 1. The molecule has 6 N–H and O–H groups in total. The van der Waals surface area contributed by atoms with Gasteiger partial charge in [0.2, 0.25) is 0 Å². The van der Waals surface area contributed by atoms with Crippen molar-refractivity contribution in [3.63, 3.8) is 0 Å². The van der Waals surface area contributed by atoms with Gasteiger partial charge in [0, 0.05) is 18.5 Å². The van der Waals surface area contributed by atoms with Crippen molar-refractivity contribution in [2.75, 3.05) is 18.8 Å². The predicted molar refractivity (Wildman–Crippen MR) is 108 cm³/mol. The average molecular weight is 431 g/mol. The fourth-order valence-corrected chi connectivity index (χ4v) is 3.57. The highest BCUT2D eigenvalue weighted by Crippen LogP contribution is 2.30. The number of para-hydroxylation sites is 1. The van der Waals surface area contributed by atoms with E-state index in [0.717, 1.165) is 11.3 Å². The number of nitrogens with two attached hydrogens (primary N) is 1. The third-order valence-electron chi connectivity index (χ3n) is 4.68. The van der Waals surface area contributed by atoms with Gasteiger partial charge in [-0.15, -0.1) is 11.3 Å². The maximum absolute atomic E-state index is 12.9. The Morgan fingerprint density at radius 3 is 2.87 bits per heavy atom. The van der Waals surface area contributed by atoms with Crippen molar-refractivity contribution in [2.24, 2.45) is 5.16 Å². The number of nitrogens with zero attached hydrogens (tertiary/aromatic N) is 2. The van der Waals surface area contributed by atoms with Crippen molar-refractivity contribution in [3.8, 4) is 5.75 Å². The monoisotopic (exact) mass is 431 g/mol. The summed E-state index contributed by atoms with van der Waals surface area (Å²) in [5.41, 5.74) is 6.34. The molecule has 2 aromatic rings. The molecule has 156 valence electrons. The molecule has 0 spiro atoms. The Morgan fingerprint density at radius 1 is 1.43 bits per heavy atom. The van der Waals surface area contributed by atoms with Crippen LogP contribution in [0.5, 0.6) is 5.75 Å². The first-order valence-electron chi connectivity index (χ1n) is 9.09. The Bertz CT molecular complexity index is 1010. The third kappa shape index (κ3) is 4.08. The van der Waals surface area contributed by atoms with E-state index in [1.165, 1.54) is 6.07 Å². The van der Waals surface area contributed by atoms with E-state index in [4.69, 9.17) is 15.2 Å². The lowest BCUT2D eigenvalue weighted by Gasteiger charge is -2.29. The van der Waals surface area contributed by atoms with Crippen LogP contribution in [0.2, 0.25) is 0 Å². The standard InChI is InChI=1S/C17H18BN5O6S/c19-17-21-11(7-30-17)13(23-29-9-5-20-6-9)15(24)22-12-4-8-2-1-3-10(16(25)26)14(8)28-18(12)27/h1-3,7,9,12,20,27H,4-6H2,(H2,19,21)(H,22,24)(H,25,26). The highest BCUT2D eigenvalue weighted by atomic mass is 32.1. The molecule has 0 bridgehead atoms. The van der Waals surface area contributed by atoms with Gasteiger partial charge in [0.25, 0.3) is 5.91 Å². The van der Waals surface area contributed by atoms with Crippen LogP contribution < -0.4 is 21.0 Å². The summed E-state index contributed by atoms with van der Waals surface area (Å²) in [7, 11) is -1.44. The number of nitrogens with one attached hydrogen (secondary N) is 2. The Labute approximate surface area is 175 Å². The number of carbonyl (C=O) groups is 2. The third-order valence-corrected chi connectivity index (χ3v) is 5.36. The summed E-state index contributed by atoms with van der Waals surface area (Å²) < 4.78 is 5.40. The maximum atomic E-state index is 12.9.